The molecule has 1 atom stereocenters. The molecule has 0 radical (unpaired) electrons. The normalized spacial score (nSPS) is 12.6. The molecule has 1 amide bonds. The lowest BCUT2D eigenvalue weighted by Gasteiger charge is -2.17. The summed E-state index contributed by atoms with van der Waals surface area (Å²) in [6, 6.07) is 5.65. The van der Waals surface area contributed by atoms with Crippen molar-refractivity contribution in [2.75, 3.05) is 0 Å². The van der Waals surface area contributed by atoms with Crippen molar-refractivity contribution in [3.8, 4) is 0 Å². The first kappa shape index (κ1) is 11.7. The van der Waals surface area contributed by atoms with E-state index >= 15 is 0 Å². The quantitative estimate of drug-likeness (QED) is 0.814. The Balaban J connectivity index is 2.65. The topological polar surface area (TPSA) is 29.1 Å². The predicted molar refractivity (Wildman–Crippen MR) is 58.2 cm³/mol. The van der Waals surface area contributed by atoms with E-state index in [4.69, 9.17) is 0 Å². The van der Waals surface area contributed by atoms with E-state index in [1.54, 1.807) is 0 Å². The van der Waals surface area contributed by atoms with Crippen molar-refractivity contribution in [3.05, 3.63) is 35.6 Å². The van der Waals surface area contributed by atoms with E-state index in [0.29, 0.717) is 11.5 Å². The van der Waals surface area contributed by atoms with Gasteiger partial charge in [-0.05, 0) is 37.1 Å². The van der Waals surface area contributed by atoms with Gasteiger partial charge in [-0.15, -0.1) is 0 Å². The van der Waals surface area contributed by atoms with E-state index in [1.165, 1.54) is 24.3 Å². The molecule has 1 N–H and O–H groups in total. The molecule has 0 bridgehead atoms. The summed E-state index contributed by atoms with van der Waals surface area (Å²) in [7, 11) is 0. The monoisotopic (exact) mass is 209 g/mol. The molecule has 0 fully saturated rings. The van der Waals surface area contributed by atoms with Gasteiger partial charge in [-0.1, -0.05) is 13.8 Å². The first-order valence-electron chi connectivity index (χ1n) is 5.07. The average Bonchev–Trinajstić information content (AvgIpc) is 2.18. The SMILES string of the molecule is CC(C)[C@@H](C)NC(=O)c1ccc(F)cc1. The van der Waals surface area contributed by atoms with Crippen molar-refractivity contribution in [2.45, 2.75) is 26.8 Å². The van der Waals surface area contributed by atoms with Crippen LogP contribution in [0.15, 0.2) is 24.3 Å². The van der Waals surface area contributed by atoms with Gasteiger partial charge in [-0.3, -0.25) is 4.79 Å². The molecule has 2 nitrogen and oxygen atoms in total. The maximum atomic E-state index is 12.6. The molecule has 82 valence electrons. The number of amides is 1. The summed E-state index contributed by atoms with van der Waals surface area (Å²) in [6.07, 6.45) is 0. The number of halogens is 1. The van der Waals surface area contributed by atoms with E-state index in [-0.39, 0.29) is 17.8 Å². The molecular formula is C12H16FNO. The third-order valence-electron chi connectivity index (χ3n) is 2.47. The summed E-state index contributed by atoms with van der Waals surface area (Å²) in [4.78, 5) is 11.6. The van der Waals surface area contributed by atoms with Crippen LogP contribution in [0.2, 0.25) is 0 Å². The molecule has 0 saturated carbocycles. The number of hydrogen-bond donors (Lipinski definition) is 1. The van der Waals surface area contributed by atoms with E-state index < -0.39 is 0 Å². The van der Waals surface area contributed by atoms with Gasteiger partial charge in [0.05, 0.1) is 0 Å². The van der Waals surface area contributed by atoms with Crippen LogP contribution in [0.4, 0.5) is 4.39 Å². The average molecular weight is 209 g/mol. The molecule has 1 aromatic carbocycles. The van der Waals surface area contributed by atoms with Crippen molar-refractivity contribution in [1.29, 1.82) is 0 Å². The lowest BCUT2D eigenvalue weighted by atomic mass is 10.1. The molecule has 0 aromatic heterocycles. The van der Waals surface area contributed by atoms with Gasteiger partial charge in [-0.2, -0.15) is 0 Å². The van der Waals surface area contributed by atoms with Gasteiger partial charge in [0, 0.05) is 11.6 Å². The Morgan fingerprint density at radius 1 is 1.20 bits per heavy atom. The van der Waals surface area contributed by atoms with Gasteiger partial charge in [0.25, 0.3) is 5.91 Å². The number of hydrogen-bond acceptors (Lipinski definition) is 1. The highest BCUT2D eigenvalue weighted by Crippen LogP contribution is 2.05. The molecule has 0 aliphatic heterocycles. The maximum Gasteiger partial charge on any atom is 0.251 e. The van der Waals surface area contributed by atoms with Crippen LogP contribution < -0.4 is 5.32 Å². The standard InChI is InChI=1S/C12H16FNO/c1-8(2)9(3)14-12(15)10-4-6-11(13)7-5-10/h4-9H,1-3H3,(H,14,15)/t9-/m1/s1. The fraction of sp³-hybridized carbons (Fsp3) is 0.417. The second-order valence-corrected chi connectivity index (χ2v) is 4.01. The minimum Gasteiger partial charge on any atom is -0.349 e. The smallest absolute Gasteiger partial charge is 0.251 e. The van der Waals surface area contributed by atoms with Crippen molar-refractivity contribution >= 4 is 5.91 Å². The number of benzene rings is 1. The van der Waals surface area contributed by atoms with Crippen LogP contribution in [0.5, 0.6) is 0 Å². The second-order valence-electron chi connectivity index (χ2n) is 4.01. The van der Waals surface area contributed by atoms with E-state index in [1.807, 2.05) is 20.8 Å². The minimum atomic E-state index is -0.330. The zero-order valence-electron chi connectivity index (χ0n) is 9.25. The molecule has 0 saturated heterocycles. The first-order valence-corrected chi connectivity index (χ1v) is 5.07. The summed E-state index contributed by atoms with van der Waals surface area (Å²) < 4.78 is 12.6. The highest BCUT2D eigenvalue weighted by atomic mass is 19.1. The van der Waals surface area contributed by atoms with Gasteiger partial charge in [-0.25, -0.2) is 4.39 Å². The zero-order valence-corrected chi connectivity index (χ0v) is 9.25. The predicted octanol–water partition coefficient (Wildman–Crippen LogP) is 2.60. The number of carbonyl (C=O) groups excluding carboxylic acids is 1. The van der Waals surface area contributed by atoms with Gasteiger partial charge in [0.1, 0.15) is 5.82 Å². The van der Waals surface area contributed by atoms with Gasteiger partial charge < -0.3 is 5.32 Å². The fourth-order valence-electron chi connectivity index (χ4n) is 1.06. The maximum absolute atomic E-state index is 12.6. The second kappa shape index (κ2) is 4.91. The molecular weight excluding hydrogens is 193 g/mol. The summed E-state index contributed by atoms with van der Waals surface area (Å²) in [5.74, 6) is -0.103. The van der Waals surface area contributed by atoms with Crippen LogP contribution in [0.1, 0.15) is 31.1 Å². The van der Waals surface area contributed by atoms with E-state index in [9.17, 15) is 9.18 Å². The number of carbonyl (C=O) groups is 1. The van der Waals surface area contributed by atoms with Crippen LogP contribution >= 0.6 is 0 Å². The van der Waals surface area contributed by atoms with Crippen molar-refractivity contribution in [2.24, 2.45) is 5.92 Å². The highest BCUT2D eigenvalue weighted by molar-refractivity contribution is 5.94. The van der Waals surface area contributed by atoms with Gasteiger partial charge >= 0.3 is 0 Å². The molecule has 0 aliphatic rings. The molecule has 0 heterocycles. The largest absolute Gasteiger partial charge is 0.349 e. The third kappa shape index (κ3) is 3.35. The van der Waals surface area contributed by atoms with Crippen molar-refractivity contribution < 1.29 is 9.18 Å². The summed E-state index contributed by atoms with van der Waals surface area (Å²) in [6.45, 7) is 6.03. The number of rotatable bonds is 3. The lowest BCUT2D eigenvalue weighted by Crippen LogP contribution is -2.36. The molecule has 0 spiro atoms. The molecule has 0 unspecified atom stereocenters. The highest BCUT2D eigenvalue weighted by Gasteiger charge is 2.11. The minimum absolute atomic E-state index is 0.113. The Morgan fingerprint density at radius 3 is 2.20 bits per heavy atom. The number of nitrogens with one attached hydrogen (secondary N) is 1. The van der Waals surface area contributed by atoms with E-state index in [2.05, 4.69) is 5.32 Å². The van der Waals surface area contributed by atoms with Gasteiger partial charge in [0.2, 0.25) is 0 Å². The lowest BCUT2D eigenvalue weighted by molar-refractivity contribution is 0.0930. The Labute approximate surface area is 89.5 Å². The van der Waals surface area contributed by atoms with Crippen LogP contribution in [0.25, 0.3) is 0 Å². The van der Waals surface area contributed by atoms with Crippen LogP contribution in [-0.4, -0.2) is 11.9 Å². The van der Waals surface area contributed by atoms with Crippen LogP contribution in [0, 0.1) is 11.7 Å². The van der Waals surface area contributed by atoms with Crippen LogP contribution in [-0.2, 0) is 0 Å². The summed E-state index contributed by atoms with van der Waals surface area (Å²) >= 11 is 0. The van der Waals surface area contributed by atoms with Crippen LogP contribution in [0.3, 0.4) is 0 Å². The zero-order chi connectivity index (χ0) is 11.4. The molecule has 3 heteroatoms. The fourth-order valence-corrected chi connectivity index (χ4v) is 1.06. The molecule has 1 aromatic rings. The first-order chi connectivity index (χ1) is 7.00. The Bertz CT molecular complexity index is 332. The van der Waals surface area contributed by atoms with Gasteiger partial charge in [0.15, 0.2) is 0 Å². The molecule has 1 rings (SSSR count). The van der Waals surface area contributed by atoms with Crippen molar-refractivity contribution in [3.63, 3.8) is 0 Å². The molecule has 0 aliphatic carbocycles. The Morgan fingerprint density at radius 2 is 1.73 bits per heavy atom. The summed E-state index contributed by atoms with van der Waals surface area (Å²) in [5, 5.41) is 2.85. The van der Waals surface area contributed by atoms with E-state index in [0.717, 1.165) is 0 Å². The van der Waals surface area contributed by atoms with Crippen molar-refractivity contribution in [1.82, 2.24) is 5.32 Å². The summed E-state index contributed by atoms with van der Waals surface area (Å²) in [5.41, 5.74) is 0.490. The third-order valence-corrected chi connectivity index (χ3v) is 2.47. The Kier molecular flexibility index (Phi) is 3.83. The Hall–Kier alpha value is -1.38. The molecule has 15 heavy (non-hydrogen) atoms.